The Morgan fingerprint density at radius 2 is 2.36 bits per heavy atom. The van der Waals surface area contributed by atoms with Crippen molar-refractivity contribution in [2.45, 2.75) is 11.3 Å². The molecule has 1 heterocycles. The van der Waals surface area contributed by atoms with Crippen LogP contribution in [-0.2, 0) is 11.2 Å². The van der Waals surface area contributed by atoms with Crippen LogP contribution in [0.2, 0.25) is 0 Å². The minimum Gasteiger partial charge on any atom is -0.481 e. The number of fused-ring (bicyclic) bond motifs is 1. The first-order valence-electron chi connectivity index (χ1n) is 3.96. The number of carboxylic acid groups (broad SMARTS) is 1. The van der Waals surface area contributed by atoms with Gasteiger partial charge in [0, 0.05) is 4.90 Å². The number of benzene rings is 1. The first-order valence-corrected chi connectivity index (χ1v) is 4.41. The van der Waals surface area contributed by atoms with Gasteiger partial charge in [0.25, 0.3) is 0 Å². The van der Waals surface area contributed by atoms with Crippen molar-refractivity contribution in [2.24, 2.45) is 0 Å². The fraction of sp³-hybridized carbons (Fsp3) is 0.111. The van der Waals surface area contributed by atoms with Crippen molar-refractivity contribution in [1.29, 1.82) is 0 Å². The van der Waals surface area contributed by atoms with Crippen molar-refractivity contribution in [3.8, 4) is 0 Å². The Labute approximate surface area is 85.0 Å². The topological polar surface area (TPSA) is 63.3 Å². The highest BCUT2D eigenvalue weighted by Crippen LogP contribution is 2.22. The number of hydrogen-bond acceptors (Lipinski definition) is 4. The molecular formula is C9H7NO3S. The van der Waals surface area contributed by atoms with E-state index in [2.05, 4.69) is 17.6 Å². The summed E-state index contributed by atoms with van der Waals surface area (Å²) in [5.41, 5.74) is 1.17. The highest BCUT2D eigenvalue weighted by Gasteiger charge is 2.10. The summed E-state index contributed by atoms with van der Waals surface area (Å²) in [6, 6.07) is 5.28. The fourth-order valence-electron chi connectivity index (χ4n) is 1.18. The zero-order chi connectivity index (χ0) is 10.1. The van der Waals surface area contributed by atoms with Gasteiger partial charge in [-0.3, -0.25) is 4.79 Å². The maximum atomic E-state index is 10.4. The minimum absolute atomic E-state index is 0.203. The summed E-state index contributed by atoms with van der Waals surface area (Å²) >= 11 is 4.18. The number of nitrogens with zero attached hydrogens (tertiary/aromatic N) is 1. The lowest BCUT2D eigenvalue weighted by atomic mass is 10.3. The first kappa shape index (κ1) is 9.08. The smallest absolute Gasteiger partial charge is 0.312 e. The molecule has 0 aliphatic heterocycles. The summed E-state index contributed by atoms with van der Waals surface area (Å²) in [4.78, 5) is 15.1. The van der Waals surface area contributed by atoms with Crippen molar-refractivity contribution in [3.63, 3.8) is 0 Å². The van der Waals surface area contributed by atoms with Gasteiger partial charge in [0.2, 0.25) is 5.89 Å². The van der Waals surface area contributed by atoms with Crippen molar-refractivity contribution in [3.05, 3.63) is 24.1 Å². The largest absolute Gasteiger partial charge is 0.481 e. The van der Waals surface area contributed by atoms with E-state index in [1.54, 1.807) is 18.2 Å². The third-order valence-corrected chi connectivity index (χ3v) is 2.11. The zero-order valence-corrected chi connectivity index (χ0v) is 7.99. The molecule has 0 aliphatic rings. The van der Waals surface area contributed by atoms with Gasteiger partial charge in [0.05, 0.1) is 0 Å². The van der Waals surface area contributed by atoms with Crippen LogP contribution < -0.4 is 0 Å². The molecule has 0 bridgehead atoms. The van der Waals surface area contributed by atoms with E-state index in [4.69, 9.17) is 9.52 Å². The van der Waals surface area contributed by atoms with Crippen LogP contribution in [0.4, 0.5) is 0 Å². The number of para-hydroxylation sites is 1. The van der Waals surface area contributed by atoms with Gasteiger partial charge in [-0.25, -0.2) is 4.98 Å². The molecule has 0 unspecified atom stereocenters. The monoisotopic (exact) mass is 209 g/mol. The number of carboxylic acids is 1. The number of rotatable bonds is 2. The molecule has 1 aromatic heterocycles. The van der Waals surface area contributed by atoms with Crippen LogP contribution in [-0.4, -0.2) is 16.1 Å². The maximum Gasteiger partial charge on any atom is 0.312 e. The molecule has 2 rings (SSSR count). The van der Waals surface area contributed by atoms with Gasteiger partial charge in [0.15, 0.2) is 5.58 Å². The lowest BCUT2D eigenvalue weighted by Gasteiger charge is -1.87. The van der Waals surface area contributed by atoms with E-state index < -0.39 is 5.97 Å². The average Bonchev–Trinajstić information content (AvgIpc) is 2.47. The summed E-state index contributed by atoms with van der Waals surface area (Å²) in [6.45, 7) is 0. The Hall–Kier alpha value is -1.49. The summed E-state index contributed by atoms with van der Waals surface area (Å²) in [7, 11) is 0. The highest BCUT2D eigenvalue weighted by atomic mass is 32.1. The third kappa shape index (κ3) is 1.58. The summed E-state index contributed by atoms with van der Waals surface area (Å²) in [6.07, 6.45) is -0.206. The van der Waals surface area contributed by atoms with Gasteiger partial charge in [0.1, 0.15) is 11.9 Å². The lowest BCUT2D eigenvalue weighted by molar-refractivity contribution is -0.136. The molecule has 5 heteroatoms. The van der Waals surface area contributed by atoms with E-state index in [1.807, 2.05) is 0 Å². The maximum absolute atomic E-state index is 10.4. The predicted molar refractivity (Wildman–Crippen MR) is 52.6 cm³/mol. The molecule has 0 fully saturated rings. The van der Waals surface area contributed by atoms with Crippen molar-refractivity contribution >= 4 is 29.7 Å². The summed E-state index contributed by atoms with van der Waals surface area (Å²) < 4.78 is 5.22. The molecule has 14 heavy (non-hydrogen) atoms. The second-order valence-corrected chi connectivity index (χ2v) is 3.28. The molecular weight excluding hydrogens is 202 g/mol. The van der Waals surface area contributed by atoms with Crippen LogP contribution in [0.1, 0.15) is 5.89 Å². The molecule has 0 saturated heterocycles. The molecule has 2 aromatic rings. The quantitative estimate of drug-likeness (QED) is 0.739. The van der Waals surface area contributed by atoms with E-state index in [-0.39, 0.29) is 12.3 Å². The molecule has 0 saturated carbocycles. The van der Waals surface area contributed by atoms with Crippen molar-refractivity contribution in [1.82, 2.24) is 4.98 Å². The minimum atomic E-state index is -0.961. The molecule has 4 nitrogen and oxygen atoms in total. The summed E-state index contributed by atoms with van der Waals surface area (Å²) in [5, 5.41) is 8.54. The van der Waals surface area contributed by atoms with Crippen molar-refractivity contribution in [2.75, 3.05) is 0 Å². The van der Waals surface area contributed by atoms with Gasteiger partial charge < -0.3 is 9.52 Å². The SMILES string of the molecule is O=C(O)Cc1nc2c(S)cccc2o1. The molecule has 1 aromatic carbocycles. The number of aliphatic carboxylic acids is 1. The third-order valence-electron chi connectivity index (χ3n) is 1.74. The van der Waals surface area contributed by atoms with Crippen LogP contribution in [0, 0.1) is 0 Å². The van der Waals surface area contributed by atoms with Gasteiger partial charge in [-0.15, -0.1) is 12.6 Å². The number of thiol groups is 1. The van der Waals surface area contributed by atoms with E-state index in [0.29, 0.717) is 16.0 Å². The van der Waals surface area contributed by atoms with Crippen LogP contribution in [0.15, 0.2) is 27.5 Å². The van der Waals surface area contributed by atoms with Crippen LogP contribution >= 0.6 is 12.6 Å². The summed E-state index contributed by atoms with van der Waals surface area (Å²) in [5.74, 6) is -0.758. The van der Waals surface area contributed by atoms with Gasteiger partial charge in [-0.1, -0.05) is 6.07 Å². The zero-order valence-electron chi connectivity index (χ0n) is 7.10. The molecule has 0 spiro atoms. The van der Waals surface area contributed by atoms with E-state index in [1.165, 1.54) is 0 Å². The van der Waals surface area contributed by atoms with Crippen LogP contribution in [0.3, 0.4) is 0 Å². The van der Waals surface area contributed by atoms with Gasteiger partial charge in [-0.2, -0.15) is 0 Å². The second kappa shape index (κ2) is 3.34. The first-order chi connectivity index (χ1) is 6.66. The second-order valence-electron chi connectivity index (χ2n) is 2.80. The molecule has 0 atom stereocenters. The van der Waals surface area contributed by atoms with E-state index >= 15 is 0 Å². The number of aromatic nitrogens is 1. The lowest BCUT2D eigenvalue weighted by Crippen LogP contribution is -1.99. The molecule has 0 radical (unpaired) electrons. The Bertz CT molecular complexity index is 492. The van der Waals surface area contributed by atoms with Crippen LogP contribution in [0.25, 0.3) is 11.1 Å². The van der Waals surface area contributed by atoms with Gasteiger partial charge >= 0.3 is 5.97 Å². The highest BCUT2D eigenvalue weighted by molar-refractivity contribution is 7.80. The predicted octanol–water partition coefficient (Wildman–Crippen LogP) is 1.74. The number of oxazole rings is 1. The fourth-order valence-corrected chi connectivity index (χ4v) is 1.43. The number of hydrogen-bond donors (Lipinski definition) is 2. The Morgan fingerprint density at radius 3 is 3.00 bits per heavy atom. The van der Waals surface area contributed by atoms with E-state index in [9.17, 15) is 4.79 Å². The Balaban J connectivity index is 2.51. The standard InChI is InChI=1S/C9H7NO3S/c11-8(12)4-7-10-9-5(13-7)2-1-3-6(9)14/h1-3,14H,4H2,(H,11,12). The van der Waals surface area contributed by atoms with Crippen LogP contribution in [0.5, 0.6) is 0 Å². The van der Waals surface area contributed by atoms with Gasteiger partial charge in [-0.05, 0) is 12.1 Å². The molecule has 72 valence electrons. The average molecular weight is 209 g/mol. The molecule has 0 amide bonds. The Kier molecular flexibility index (Phi) is 2.17. The van der Waals surface area contributed by atoms with Crippen molar-refractivity contribution < 1.29 is 14.3 Å². The number of carbonyl (C=O) groups is 1. The van der Waals surface area contributed by atoms with E-state index in [0.717, 1.165) is 0 Å². The Morgan fingerprint density at radius 1 is 1.57 bits per heavy atom. The molecule has 0 aliphatic carbocycles. The molecule has 1 N–H and O–H groups in total. The normalized spacial score (nSPS) is 10.6.